The van der Waals surface area contributed by atoms with Crippen molar-refractivity contribution < 1.29 is 9.59 Å². The number of carbonyl (C=O) groups excluding carboxylic acids is 2. The fourth-order valence-electron chi connectivity index (χ4n) is 3.34. The number of primary amides is 1. The molecule has 1 fully saturated rings. The van der Waals surface area contributed by atoms with Gasteiger partial charge >= 0.3 is 6.03 Å². The number of amides is 3. The molecule has 0 aliphatic carbocycles. The molecule has 3 N–H and O–H groups in total. The van der Waals surface area contributed by atoms with Crippen LogP contribution in [0.25, 0.3) is 0 Å². The molecule has 24 heavy (non-hydrogen) atoms. The van der Waals surface area contributed by atoms with Crippen LogP contribution in [-0.2, 0) is 11.2 Å². The molecule has 5 nitrogen and oxygen atoms in total. The molecule has 0 spiro atoms. The van der Waals surface area contributed by atoms with Crippen molar-refractivity contribution >= 4 is 11.9 Å². The molecule has 2 rings (SSSR count). The summed E-state index contributed by atoms with van der Waals surface area (Å²) in [6, 6.07) is 9.35. The first-order valence-corrected chi connectivity index (χ1v) is 8.90. The van der Waals surface area contributed by atoms with Crippen molar-refractivity contribution in [2.75, 3.05) is 13.1 Å². The molecule has 1 aromatic carbocycles. The SMILES string of the molecule is CC[C@H](C)[C@H](NC(N)=O)C(=O)N1CCC(Cc2ccccc2)CC1. The van der Waals surface area contributed by atoms with Crippen molar-refractivity contribution in [1.29, 1.82) is 0 Å². The highest BCUT2D eigenvalue weighted by atomic mass is 16.2. The van der Waals surface area contributed by atoms with E-state index >= 15 is 0 Å². The van der Waals surface area contributed by atoms with E-state index in [0.29, 0.717) is 5.92 Å². The number of nitrogens with zero attached hydrogens (tertiary/aromatic N) is 1. The van der Waals surface area contributed by atoms with Gasteiger partial charge in [-0.05, 0) is 36.7 Å². The Morgan fingerprint density at radius 2 is 1.88 bits per heavy atom. The molecule has 1 aromatic rings. The normalized spacial score (nSPS) is 18.0. The summed E-state index contributed by atoms with van der Waals surface area (Å²) in [5.74, 6) is 0.691. The van der Waals surface area contributed by atoms with Crippen LogP contribution in [0, 0.1) is 11.8 Å². The number of rotatable bonds is 6. The zero-order valence-electron chi connectivity index (χ0n) is 14.7. The summed E-state index contributed by atoms with van der Waals surface area (Å²) in [5.41, 5.74) is 6.60. The third kappa shape index (κ3) is 4.98. The number of benzene rings is 1. The van der Waals surface area contributed by atoms with Gasteiger partial charge in [-0.25, -0.2) is 4.79 Å². The highest BCUT2D eigenvalue weighted by molar-refractivity contribution is 5.86. The summed E-state index contributed by atoms with van der Waals surface area (Å²) in [6.07, 6.45) is 3.90. The number of hydrogen-bond acceptors (Lipinski definition) is 2. The third-order valence-corrected chi connectivity index (χ3v) is 5.07. The van der Waals surface area contributed by atoms with Crippen LogP contribution in [0.3, 0.4) is 0 Å². The van der Waals surface area contributed by atoms with Crippen molar-refractivity contribution in [1.82, 2.24) is 10.2 Å². The van der Waals surface area contributed by atoms with Crippen LogP contribution in [0.1, 0.15) is 38.7 Å². The maximum Gasteiger partial charge on any atom is 0.312 e. The number of hydrogen-bond donors (Lipinski definition) is 2. The molecule has 1 aliphatic heterocycles. The average molecular weight is 331 g/mol. The topological polar surface area (TPSA) is 75.4 Å². The second-order valence-electron chi connectivity index (χ2n) is 6.83. The van der Waals surface area contributed by atoms with Gasteiger partial charge in [0.25, 0.3) is 0 Å². The van der Waals surface area contributed by atoms with Gasteiger partial charge in [-0.15, -0.1) is 0 Å². The molecule has 132 valence electrons. The van der Waals surface area contributed by atoms with Gasteiger partial charge < -0.3 is 16.0 Å². The van der Waals surface area contributed by atoms with E-state index < -0.39 is 12.1 Å². The van der Waals surface area contributed by atoms with Crippen LogP contribution in [-0.4, -0.2) is 36.0 Å². The van der Waals surface area contributed by atoms with E-state index in [1.54, 1.807) is 0 Å². The molecule has 5 heteroatoms. The highest BCUT2D eigenvalue weighted by Crippen LogP contribution is 2.23. The monoisotopic (exact) mass is 331 g/mol. The van der Waals surface area contributed by atoms with Crippen LogP contribution < -0.4 is 11.1 Å². The molecule has 3 amide bonds. The predicted octanol–water partition coefficient (Wildman–Crippen LogP) is 2.55. The molecule has 1 heterocycles. The van der Waals surface area contributed by atoms with Crippen LogP contribution in [0.4, 0.5) is 4.79 Å². The largest absolute Gasteiger partial charge is 0.352 e. The predicted molar refractivity (Wildman–Crippen MR) is 95.4 cm³/mol. The van der Waals surface area contributed by atoms with Gasteiger partial charge in [0.2, 0.25) is 5.91 Å². The Morgan fingerprint density at radius 3 is 2.42 bits per heavy atom. The number of piperidine rings is 1. The van der Waals surface area contributed by atoms with Gasteiger partial charge in [0.15, 0.2) is 0 Å². The van der Waals surface area contributed by atoms with Gasteiger partial charge in [-0.2, -0.15) is 0 Å². The Labute approximate surface area is 144 Å². The van der Waals surface area contributed by atoms with Gasteiger partial charge in [-0.1, -0.05) is 50.6 Å². The lowest BCUT2D eigenvalue weighted by Gasteiger charge is -2.35. The van der Waals surface area contributed by atoms with Gasteiger partial charge in [0, 0.05) is 13.1 Å². The second-order valence-corrected chi connectivity index (χ2v) is 6.83. The summed E-state index contributed by atoms with van der Waals surface area (Å²) < 4.78 is 0. The van der Waals surface area contributed by atoms with Crippen molar-refractivity contribution in [2.24, 2.45) is 17.6 Å². The van der Waals surface area contributed by atoms with Crippen LogP contribution in [0.5, 0.6) is 0 Å². The number of carbonyl (C=O) groups is 2. The standard InChI is InChI=1S/C19H29N3O2/c1-3-14(2)17(21-19(20)24)18(23)22-11-9-16(10-12-22)13-15-7-5-4-6-8-15/h4-8,14,16-17H,3,9-13H2,1-2H3,(H3,20,21,24)/t14-,17-/m0/s1. The number of likely N-dealkylation sites (tertiary alicyclic amines) is 1. The van der Waals surface area contributed by atoms with Crippen molar-refractivity contribution in [2.45, 2.75) is 45.6 Å². The summed E-state index contributed by atoms with van der Waals surface area (Å²) in [5, 5.41) is 2.63. The minimum absolute atomic E-state index is 0.00121. The summed E-state index contributed by atoms with van der Waals surface area (Å²) in [7, 11) is 0. The Morgan fingerprint density at radius 1 is 1.25 bits per heavy atom. The van der Waals surface area contributed by atoms with E-state index in [0.717, 1.165) is 38.8 Å². The highest BCUT2D eigenvalue weighted by Gasteiger charge is 2.31. The van der Waals surface area contributed by atoms with Crippen LogP contribution in [0.15, 0.2) is 30.3 Å². The molecule has 0 aromatic heterocycles. The lowest BCUT2D eigenvalue weighted by Crippen LogP contribution is -2.54. The minimum Gasteiger partial charge on any atom is -0.352 e. The fraction of sp³-hybridized carbons (Fsp3) is 0.579. The summed E-state index contributed by atoms with van der Waals surface area (Å²) in [4.78, 5) is 25.9. The maximum atomic E-state index is 12.8. The third-order valence-electron chi connectivity index (χ3n) is 5.07. The van der Waals surface area contributed by atoms with E-state index in [-0.39, 0.29) is 11.8 Å². The molecule has 2 atom stereocenters. The lowest BCUT2D eigenvalue weighted by atomic mass is 9.89. The van der Waals surface area contributed by atoms with Crippen molar-refractivity contribution in [3.63, 3.8) is 0 Å². The van der Waals surface area contributed by atoms with E-state index in [1.165, 1.54) is 5.56 Å². The van der Waals surface area contributed by atoms with Gasteiger partial charge in [-0.3, -0.25) is 4.79 Å². The fourth-order valence-corrected chi connectivity index (χ4v) is 3.34. The van der Waals surface area contributed by atoms with Crippen LogP contribution >= 0.6 is 0 Å². The van der Waals surface area contributed by atoms with Crippen molar-refractivity contribution in [3.05, 3.63) is 35.9 Å². The second kappa shape index (κ2) is 8.71. The lowest BCUT2D eigenvalue weighted by molar-refractivity contribution is -0.135. The van der Waals surface area contributed by atoms with E-state index in [9.17, 15) is 9.59 Å². The Balaban J connectivity index is 1.89. The van der Waals surface area contributed by atoms with E-state index in [4.69, 9.17) is 5.73 Å². The molecule has 0 saturated carbocycles. The summed E-state index contributed by atoms with van der Waals surface area (Å²) >= 11 is 0. The quantitative estimate of drug-likeness (QED) is 0.840. The number of urea groups is 1. The Bertz CT molecular complexity index is 539. The number of nitrogens with one attached hydrogen (secondary N) is 1. The van der Waals surface area contributed by atoms with E-state index in [2.05, 4.69) is 29.6 Å². The minimum atomic E-state index is -0.632. The molecule has 0 unspecified atom stereocenters. The molecular formula is C19H29N3O2. The zero-order chi connectivity index (χ0) is 17.5. The maximum absolute atomic E-state index is 12.8. The molecular weight excluding hydrogens is 302 g/mol. The number of nitrogens with two attached hydrogens (primary N) is 1. The molecule has 1 saturated heterocycles. The van der Waals surface area contributed by atoms with Gasteiger partial charge in [0.05, 0.1) is 0 Å². The van der Waals surface area contributed by atoms with Crippen molar-refractivity contribution in [3.8, 4) is 0 Å². The first kappa shape index (κ1) is 18.3. The zero-order valence-corrected chi connectivity index (χ0v) is 14.7. The average Bonchev–Trinajstić information content (AvgIpc) is 2.60. The smallest absolute Gasteiger partial charge is 0.312 e. The van der Waals surface area contributed by atoms with Gasteiger partial charge in [0.1, 0.15) is 6.04 Å². The Kier molecular flexibility index (Phi) is 6.64. The van der Waals surface area contributed by atoms with Crippen LogP contribution in [0.2, 0.25) is 0 Å². The Hall–Kier alpha value is -2.04. The first-order valence-electron chi connectivity index (χ1n) is 8.90. The summed E-state index contributed by atoms with van der Waals surface area (Å²) in [6.45, 7) is 5.49. The molecule has 0 bridgehead atoms. The first-order chi connectivity index (χ1) is 11.5. The molecule has 1 aliphatic rings. The van der Waals surface area contributed by atoms with E-state index in [1.807, 2.05) is 24.8 Å². The molecule has 0 radical (unpaired) electrons.